The number of rotatable bonds is 4. The molecule has 4 rings (SSSR count). The van der Waals surface area contributed by atoms with Crippen LogP contribution in [0, 0.1) is 6.92 Å². The van der Waals surface area contributed by atoms with E-state index in [4.69, 9.17) is 9.15 Å². The molecule has 1 aromatic heterocycles. The van der Waals surface area contributed by atoms with Gasteiger partial charge in [0.2, 0.25) is 5.91 Å². The third kappa shape index (κ3) is 4.11. The van der Waals surface area contributed by atoms with Crippen LogP contribution in [0.4, 0.5) is 5.69 Å². The average Bonchev–Trinajstić information content (AvgIpc) is 3.08. The number of furan rings is 1. The number of aryl methyl sites for hydroxylation is 1. The molecule has 3 amide bonds. The molecule has 1 saturated heterocycles. The molecule has 0 saturated carbocycles. The predicted molar refractivity (Wildman–Crippen MR) is 105 cm³/mol. The van der Waals surface area contributed by atoms with Gasteiger partial charge >= 0.3 is 0 Å². The van der Waals surface area contributed by atoms with Crippen LogP contribution in [0.3, 0.4) is 0 Å². The van der Waals surface area contributed by atoms with Crippen LogP contribution in [-0.2, 0) is 16.1 Å². The van der Waals surface area contributed by atoms with Crippen LogP contribution in [0.25, 0.3) is 0 Å². The average molecular weight is 397 g/mol. The first-order valence-electron chi connectivity index (χ1n) is 9.72. The van der Waals surface area contributed by atoms with Gasteiger partial charge in [0.15, 0.2) is 12.4 Å². The van der Waals surface area contributed by atoms with Crippen LogP contribution >= 0.6 is 0 Å². The number of anilines is 1. The van der Waals surface area contributed by atoms with Crippen molar-refractivity contribution < 1.29 is 23.5 Å². The number of nitrogens with one attached hydrogen (secondary N) is 2. The molecule has 2 aromatic rings. The zero-order chi connectivity index (χ0) is 20.4. The molecule has 29 heavy (non-hydrogen) atoms. The molecule has 2 aliphatic heterocycles. The molecular weight excluding hydrogens is 374 g/mol. The van der Waals surface area contributed by atoms with Crippen molar-refractivity contribution in [2.45, 2.75) is 38.8 Å². The molecule has 1 unspecified atom stereocenters. The summed E-state index contributed by atoms with van der Waals surface area (Å²) in [4.78, 5) is 38.5. The summed E-state index contributed by atoms with van der Waals surface area (Å²) >= 11 is 0. The summed E-state index contributed by atoms with van der Waals surface area (Å²) in [6, 6.07) is 8.30. The first-order chi connectivity index (χ1) is 14.0. The van der Waals surface area contributed by atoms with E-state index in [0.29, 0.717) is 30.2 Å². The van der Waals surface area contributed by atoms with Gasteiger partial charge in [0.25, 0.3) is 11.8 Å². The van der Waals surface area contributed by atoms with Gasteiger partial charge in [-0.2, -0.15) is 0 Å². The number of carbonyl (C=O) groups is 3. The van der Waals surface area contributed by atoms with Crippen LogP contribution in [0.1, 0.15) is 41.1 Å². The van der Waals surface area contributed by atoms with Gasteiger partial charge in [0.05, 0.1) is 12.2 Å². The molecule has 1 atom stereocenters. The number of amides is 3. The van der Waals surface area contributed by atoms with E-state index in [1.165, 1.54) is 0 Å². The fourth-order valence-corrected chi connectivity index (χ4v) is 3.53. The summed E-state index contributed by atoms with van der Waals surface area (Å²) in [5.41, 5.74) is 1.69. The quantitative estimate of drug-likeness (QED) is 0.821. The van der Waals surface area contributed by atoms with Gasteiger partial charge < -0.3 is 19.8 Å². The fraction of sp³-hybridized carbons (Fsp3) is 0.381. The largest absolute Gasteiger partial charge is 0.482 e. The molecule has 3 heterocycles. The van der Waals surface area contributed by atoms with E-state index < -0.39 is 11.9 Å². The number of fused-ring (bicyclic) bond motifs is 1. The first-order valence-corrected chi connectivity index (χ1v) is 9.72. The smallest absolute Gasteiger partial charge is 0.287 e. The minimum atomic E-state index is -0.561. The van der Waals surface area contributed by atoms with Crippen molar-refractivity contribution in [2.75, 3.05) is 18.1 Å². The van der Waals surface area contributed by atoms with Gasteiger partial charge in [0.1, 0.15) is 17.6 Å². The van der Waals surface area contributed by atoms with Crippen molar-refractivity contribution in [3.8, 4) is 5.75 Å². The SMILES string of the molecule is Cc1ccc2c(c1)N(Cc1ccc(C(=O)NC3CCCCNC3=O)o1)C(=O)CO2. The molecule has 0 spiro atoms. The van der Waals surface area contributed by atoms with E-state index >= 15 is 0 Å². The molecule has 1 fully saturated rings. The highest BCUT2D eigenvalue weighted by Crippen LogP contribution is 2.34. The van der Waals surface area contributed by atoms with Crippen molar-refractivity contribution in [1.29, 1.82) is 0 Å². The second-order valence-electron chi connectivity index (χ2n) is 7.32. The van der Waals surface area contributed by atoms with Crippen LogP contribution in [0.15, 0.2) is 34.7 Å². The van der Waals surface area contributed by atoms with E-state index in [1.54, 1.807) is 17.0 Å². The van der Waals surface area contributed by atoms with E-state index in [0.717, 1.165) is 18.4 Å². The van der Waals surface area contributed by atoms with E-state index in [-0.39, 0.29) is 30.7 Å². The highest BCUT2D eigenvalue weighted by Gasteiger charge is 2.28. The number of hydrogen-bond donors (Lipinski definition) is 2. The lowest BCUT2D eigenvalue weighted by Crippen LogP contribution is -2.45. The maximum absolute atomic E-state index is 12.5. The molecule has 1 aromatic carbocycles. The third-order valence-electron chi connectivity index (χ3n) is 5.10. The summed E-state index contributed by atoms with van der Waals surface area (Å²) in [6.07, 6.45) is 2.37. The second kappa shape index (κ2) is 7.98. The maximum atomic E-state index is 12.5. The Kier molecular flexibility index (Phi) is 5.24. The normalized spacial score (nSPS) is 19.1. The summed E-state index contributed by atoms with van der Waals surface area (Å²) in [5, 5.41) is 5.52. The summed E-state index contributed by atoms with van der Waals surface area (Å²) in [6.45, 7) is 2.72. The monoisotopic (exact) mass is 397 g/mol. The Morgan fingerprint density at radius 2 is 2.10 bits per heavy atom. The summed E-state index contributed by atoms with van der Waals surface area (Å²) in [5.74, 6) is 0.432. The van der Waals surface area contributed by atoms with Gasteiger partial charge in [-0.15, -0.1) is 0 Å². The molecule has 2 N–H and O–H groups in total. The topological polar surface area (TPSA) is 101 Å². The Bertz CT molecular complexity index is 952. The minimum Gasteiger partial charge on any atom is -0.482 e. The third-order valence-corrected chi connectivity index (χ3v) is 5.10. The van der Waals surface area contributed by atoms with Crippen molar-refractivity contribution >= 4 is 23.4 Å². The van der Waals surface area contributed by atoms with E-state index in [9.17, 15) is 14.4 Å². The predicted octanol–water partition coefficient (Wildman–Crippen LogP) is 1.91. The van der Waals surface area contributed by atoms with Crippen LogP contribution in [0.5, 0.6) is 5.75 Å². The van der Waals surface area contributed by atoms with Gasteiger partial charge in [0, 0.05) is 6.54 Å². The van der Waals surface area contributed by atoms with Crippen molar-refractivity contribution in [3.63, 3.8) is 0 Å². The number of benzene rings is 1. The molecule has 2 aliphatic rings. The van der Waals surface area contributed by atoms with E-state index in [2.05, 4.69) is 10.6 Å². The van der Waals surface area contributed by atoms with Crippen molar-refractivity contribution in [2.24, 2.45) is 0 Å². The Hall–Kier alpha value is -3.29. The van der Waals surface area contributed by atoms with Crippen molar-refractivity contribution in [3.05, 3.63) is 47.4 Å². The molecule has 0 radical (unpaired) electrons. The lowest BCUT2D eigenvalue weighted by Gasteiger charge is -2.29. The number of hydrogen-bond acceptors (Lipinski definition) is 5. The van der Waals surface area contributed by atoms with E-state index in [1.807, 2.05) is 25.1 Å². The highest BCUT2D eigenvalue weighted by atomic mass is 16.5. The minimum absolute atomic E-state index is 0.0408. The van der Waals surface area contributed by atoms with Gasteiger partial charge in [-0.25, -0.2) is 0 Å². The molecule has 8 heteroatoms. The Morgan fingerprint density at radius 1 is 1.24 bits per heavy atom. The molecule has 8 nitrogen and oxygen atoms in total. The number of carbonyl (C=O) groups excluding carboxylic acids is 3. The standard InChI is InChI=1S/C21H23N3O5/c1-13-5-7-17-16(10-13)24(19(25)12-28-17)11-14-6-8-18(29-14)21(27)23-15-4-2-3-9-22-20(15)26/h5-8,10,15H,2-4,9,11-12H2,1H3,(H,22,26)(H,23,27). The zero-order valence-electron chi connectivity index (χ0n) is 16.2. The first kappa shape index (κ1) is 19.0. The lowest BCUT2D eigenvalue weighted by atomic mass is 10.1. The van der Waals surface area contributed by atoms with Crippen LogP contribution in [0.2, 0.25) is 0 Å². The summed E-state index contributed by atoms with van der Waals surface area (Å²) < 4.78 is 11.2. The van der Waals surface area contributed by atoms with Crippen molar-refractivity contribution in [1.82, 2.24) is 10.6 Å². The number of nitrogens with zero attached hydrogens (tertiary/aromatic N) is 1. The Labute approximate surface area is 168 Å². The zero-order valence-corrected chi connectivity index (χ0v) is 16.2. The molecular formula is C21H23N3O5. The highest BCUT2D eigenvalue weighted by molar-refractivity contribution is 5.98. The lowest BCUT2D eigenvalue weighted by molar-refractivity contribution is -0.123. The molecule has 0 bridgehead atoms. The number of ether oxygens (including phenoxy) is 1. The van der Waals surface area contributed by atoms with Gasteiger partial charge in [-0.05, 0) is 56.0 Å². The van der Waals surface area contributed by atoms with Crippen LogP contribution in [-0.4, -0.2) is 36.9 Å². The molecule has 152 valence electrons. The molecule has 0 aliphatic carbocycles. The van der Waals surface area contributed by atoms with Gasteiger partial charge in [-0.3, -0.25) is 19.3 Å². The fourth-order valence-electron chi connectivity index (χ4n) is 3.53. The Morgan fingerprint density at radius 3 is 2.97 bits per heavy atom. The summed E-state index contributed by atoms with van der Waals surface area (Å²) in [7, 11) is 0. The maximum Gasteiger partial charge on any atom is 0.287 e. The second-order valence-corrected chi connectivity index (χ2v) is 7.32. The van der Waals surface area contributed by atoms with Crippen LogP contribution < -0.4 is 20.3 Å². The van der Waals surface area contributed by atoms with Gasteiger partial charge in [-0.1, -0.05) is 6.07 Å². The Balaban J connectivity index is 1.47.